The second-order valence-electron chi connectivity index (χ2n) is 6.54. The van der Waals surface area contributed by atoms with Gasteiger partial charge in [0.1, 0.15) is 6.54 Å². The number of aromatic nitrogens is 2. The highest BCUT2D eigenvalue weighted by Crippen LogP contribution is 2.25. The maximum atomic E-state index is 14.1. The number of rotatable bonds is 5. The van der Waals surface area contributed by atoms with Crippen molar-refractivity contribution in [2.75, 3.05) is 12.0 Å². The molecule has 0 saturated heterocycles. The third kappa shape index (κ3) is 3.53. The van der Waals surface area contributed by atoms with E-state index in [2.05, 4.69) is 4.98 Å². The summed E-state index contributed by atoms with van der Waals surface area (Å²) in [5.74, 6) is -1.07. The minimum atomic E-state index is -0.679. The van der Waals surface area contributed by atoms with Gasteiger partial charge in [-0.1, -0.05) is 12.1 Å². The molecule has 3 rings (SSSR count). The normalized spacial score (nSPS) is 11.0. The average molecular weight is 385 g/mol. The van der Waals surface area contributed by atoms with Crippen molar-refractivity contribution in [3.63, 3.8) is 0 Å². The van der Waals surface area contributed by atoms with Gasteiger partial charge in [-0.05, 0) is 38.1 Å². The van der Waals surface area contributed by atoms with Crippen LogP contribution in [-0.4, -0.2) is 28.6 Å². The summed E-state index contributed by atoms with van der Waals surface area (Å²) < 4.78 is 19.8. The lowest BCUT2D eigenvalue weighted by Gasteiger charge is -2.27. The van der Waals surface area contributed by atoms with Gasteiger partial charge in [0.05, 0.1) is 18.0 Å². The minimum Gasteiger partial charge on any atom is -0.494 e. The molecule has 0 unspecified atom stereocenters. The number of benzene rings is 2. The van der Waals surface area contributed by atoms with Crippen molar-refractivity contribution in [1.82, 2.24) is 9.55 Å². The zero-order valence-corrected chi connectivity index (χ0v) is 15.7. The van der Waals surface area contributed by atoms with E-state index < -0.39 is 29.5 Å². The van der Waals surface area contributed by atoms with Crippen molar-refractivity contribution in [1.29, 1.82) is 0 Å². The van der Waals surface area contributed by atoms with Crippen molar-refractivity contribution < 1.29 is 13.9 Å². The monoisotopic (exact) mass is 385 g/mol. The second-order valence-corrected chi connectivity index (χ2v) is 6.54. The minimum absolute atomic E-state index is 0.0575. The van der Waals surface area contributed by atoms with Gasteiger partial charge >= 0.3 is 5.69 Å². The number of methoxy groups -OCH3 is 1. The number of fused-ring (bicyclic) bond motifs is 1. The summed E-state index contributed by atoms with van der Waals surface area (Å²) in [5, 5.41) is 0.307. The molecule has 0 atom stereocenters. The molecule has 0 fully saturated rings. The Hall–Kier alpha value is -3.42. The lowest BCUT2D eigenvalue weighted by Crippen LogP contribution is -2.44. The lowest BCUT2D eigenvalue weighted by molar-refractivity contribution is -0.119. The molecule has 146 valence electrons. The van der Waals surface area contributed by atoms with Crippen molar-refractivity contribution >= 4 is 22.5 Å². The molecule has 0 aliphatic carbocycles. The molecule has 0 spiro atoms. The Morgan fingerprint density at radius 2 is 1.93 bits per heavy atom. The molecule has 2 aromatic carbocycles. The predicted molar refractivity (Wildman–Crippen MR) is 104 cm³/mol. The molecule has 1 heterocycles. The number of para-hydroxylation sites is 1. The van der Waals surface area contributed by atoms with Crippen LogP contribution in [0.15, 0.2) is 52.1 Å². The number of hydrogen-bond donors (Lipinski definition) is 1. The number of hydrogen-bond acceptors (Lipinski definition) is 4. The van der Waals surface area contributed by atoms with Gasteiger partial charge in [0.15, 0.2) is 11.6 Å². The van der Waals surface area contributed by atoms with Crippen molar-refractivity contribution in [2.24, 2.45) is 0 Å². The number of H-pyrrole nitrogens is 1. The van der Waals surface area contributed by atoms with Gasteiger partial charge in [0, 0.05) is 17.8 Å². The first-order valence-electron chi connectivity index (χ1n) is 8.71. The Morgan fingerprint density at radius 3 is 2.57 bits per heavy atom. The summed E-state index contributed by atoms with van der Waals surface area (Å²) in [7, 11) is 1.35. The van der Waals surface area contributed by atoms with Crippen LogP contribution < -0.4 is 20.9 Å². The van der Waals surface area contributed by atoms with Gasteiger partial charge in [-0.2, -0.15) is 0 Å². The number of anilines is 1. The van der Waals surface area contributed by atoms with Crippen LogP contribution in [0, 0.1) is 5.82 Å². The number of nitrogens with zero attached hydrogens (tertiary/aromatic N) is 2. The fraction of sp³-hybridized carbons (Fsp3) is 0.250. The van der Waals surface area contributed by atoms with E-state index in [1.165, 1.54) is 24.1 Å². The molecule has 0 aliphatic rings. The number of halogens is 1. The molecule has 3 aromatic rings. The van der Waals surface area contributed by atoms with E-state index in [1.54, 1.807) is 44.2 Å². The lowest BCUT2D eigenvalue weighted by atomic mass is 10.2. The highest BCUT2D eigenvalue weighted by atomic mass is 19.1. The molecule has 0 saturated carbocycles. The molecule has 1 amide bonds. The van der Waals surface area contributed by atoms with E-state index in [0.717, 1.165) is 4.57 Å². The van der Waals surface area contributed by atoms with Crippen molar-refractivity contribution in [2.45, 2.75) is 26.4 Å². The van der Waals surface area contributed by atoms with Crippen LogP contribution in [0.1, 0.15) is 13.8 Å². The third-order valence-corrected chi connectivity index (χ3v) is 4.38. The summed E-state index contributed by atoms with van der Waals surface area (Å²) in [6.45, 7) is 3.05. The number of amides is 1. The van der Waals surface area contributed by atoms with E-state index in [0.29, 0.717) is 16.6 Å². The first kappa shape index (κ1) is 19.3. The van der Waals surface area contributed by atoms with E-state index in [4.69, 9.17) is 4.74 Å². The van der Waals surface area contributed by atoms with Crippen molar-refractivity contribution in [3.8, 4) is 5.75 Å². The van der Waals surface area contributed by atoms with E-state index in [-0.39, 0.29) is 11.8 Å². The Kier molecular flexibility index (Phi) is 5.30. The van der Waals surface area contributed by atoms with Crippen LogP contribution >= 0.6 is 0 Å². The number of carbonyl (C=O) groups excluding carboxylic acids is 1. The maximum Gasteiger partial charge on any atom is 0.329 e. The van der Waals surface area contributed by atoms with Crippen LogP contribution in [0.25, 0.3) is 10.9 Å². The van der Waals surface area contributed by atoms with Gasteiger partial charge in [-0.25, -0.2) is 9.18 Å². The zero-order chi connectivity index (χ0) is 20.4. The van der Waals surface area contributed by atoms with Crippen LogP contribution in [0.5, 0.6) is 5.75 Å². The molecular formula is C20H20FN3O4. The summed E-state index contributed by atoms with van der Waals surface area (Å²) >= 11 is 0. The number of aromatic amines is 1. The number of nitrogens with one attached hydrogen (secondary N) is 1. The first-order chi connectivity index (χ1) is 13.3. The summed E-state index contributed by atoms with van der Waals surface area (Å²) in [6.07, 6.45) is 0. The van der Waals surface area contributed by atoms with Gasteiger partial charge < -0.3 is 14.6 Å². The molecular weight excluding hydrogens is 365 g/mol. The van der Waals surface area contributed by atoms with Crippen molar-refractivity contribution in [3.05, 3.63) is 69.1 Å². The van der Waals surface area contributed by atoms with Crippen LogP contribution in [0.4, 0.5) is 10.1 Å². The van der Waals surface area contributed by atoms with E-state index in [9.17, 15) is 18.8 Å². The molecule has 7 nitrogen and oxygen atoms in total. The Labute approximate surface area is 160 Å². The average Bonchev–Trinajstić information content (AvgIpc) is 2.65. The topological polar surface area (TPSA) is 84.4 Å². The van der Waals surface area contributed by atoms with Crippen LogP contribution in [-0.2, 0) is 11.3 Å². The number of carbonyl (C=O) groups is 1. The molecule has 8 heteroatoms. The van der Waals surface area contributed by atoms with Gasteiger partial charge in [0.2, 0.25) is 5.91 Å². The van der Waals surface area contributed by atoms with Gasteiger partial charge in [-0.3, -0.25) is 14.2 Å². The standard InChI is InChI=1S/C20H20FN3O4/c1-12(2)24(13-8-9-17(28-3)15(21)10-13)18(25)11-23-19(26)14-6-4-5-7-16(14)22-20(23)27/h4-10,12H,11H2,1-3H3,(H,22,27). The quantitative estimate of drug-likeness (QED) is 0.730. The highest BCUT2D eigenvalue weighted by Gasteiger charge is 2.22. The van der Waals surface area contributed by atoms with E-state index >= 15 is 0 Å². The third-order valence-electron chi connectivity index (χ3n) is 4.38. The molecule has 0 radical (unpaired) electrons. The molecule has 28 heavy (non-hydrogen) atoms. The van der Waals surface area contributed by atoms with E-state index in [1.807, 2.05) is 0 Å². The summed E-state index contributed by atoms with van der Waals surface area (Å²) in [5.41, 5.74) is -0.526. The van der Waals surface area contributed by atoms with Crippen LogP contribution in [0.3, 0.4) is 0 Å². The molecule has 1 N–H and O–H groups in total. The summed E-state index contributed by atoms with van der Waals surface area (Å²) in [6, 6.07) is 10.4. The fourth-order valence-electron chi connectivity index (χ4n) is 3.09. The fourth-order valence-corrected chi connectivity index (χ4v) is 3.09. The zero-order valence-electron chi connectivity index (χ0n) is 15.7. The van der Waals surface area contributed by atoms with Gasteiger partial charge in [0.25, 0.3) is 5.56 Å². The largest absolute Gasteiger partial charge is 0.494 e. The highest BCUT2D eigenvalue weighted by molar-refractivity contribution is 5.94. The second kappa shape index (κ2) is 7.67. The van der Waals surface area contributed by atoms with Crippen LogP contribution in [0.2, 0.25) is 0 Å². The Balaban J connectivity index is 2.00. The molecule has 0 bridgehead atoms. The molecule has 0 aliphatic heterocycles. The number of ether oxygens (including phenoxy) is 1. The smallest absolute Gasteiger partial charge is 0.329 e. The Morgan fingerprint density at radius 1 is 1.21 bits per heavy atom. The SMILES string of the molecule is COc1ccc(N(C(=O)Cn2c(=O)[nH]c3ccccc3c2=O)C(C)C)cc1F. The summed E-state index contributed by atoms with van der Waals surface area (Å²) in [4.78, 5) is 41.8. The first-order valence-corrected chi connectivity index (χ1v) is 8.71. The predicted octanol–water partition coefficient (Wildman–Crippen LogP) is 2.28. The maximum absolute atomic E-state index is 14.1. The Bertz CT molecular complexity index is 1150. The molecule has 1 aromatic heterocycles. The van der Waals surface area contributed by atoms with Gasteiger partial charge in [-0.15, -0.1) is 0 Å².